The van der Waals surface area contributed by atoms with Gasteiger partial charge in [-0.2, -0.15) is 0 Å². The van der Waals surface area contributed by atoms with Crippen molar-refractivity contribution in [3.63, 3.8) is 0 Å². The molecule has 4 aromatic carbocycles. The van der Waals surface area contributed by atoms with Crippen molar-refractivity contribution in [3.05, 3.63) is 158 Å². The fourth-order valence-electron chi connectivity index (χ4n) is 6.45. The average Bonchev–Trinajstić information content (AvgIpc) is 3.75. The number of rotatable bonds is 5. The summed E-state index contributed by atoms with van der Waals surface area (Å²) in [6, 6.07) is 45.4. The fraction of sp³-hybridized carbons (Fsp3) is 0. The zero-order valence-corrected chi connectivity index (χ0v) is 25.5. The number of thiophene rings is 1. The highest BCUT2D eigenvalue weighted by Gasteiger charge is 2.16. The number of hydrogen-bond donors (Lipinski definition) is 0. The van der Waals surface area contributed by atoms with Gasteiger partial charge in [0.05, 0.1) is 22.4 Å². The minimum Gasteiger partial charge on any atom is -0.309 e. The fourth-order valence-corrected chi connectivity index (χ4v) is 7.41. The Morgan fingerprint density at radius 1 is 0.478 bits per heavy atom. The van der Waals surface area contributed by atoms with E-state index in [-0.39, 0.29) is 0 Å². The maximum atomic E-state index is 5.14. The SMILES string of the molecule is c1ccc2c(c1)c1c3sccc3ccc1n2-c1ccc(-c2cc(-c3ccc(-c4ccncc4)cc3)cc(-c3ccncc3)n2)cc1. The van der Waals surface area contributed by atoms with Crippen LogP contribution in [0.4, 0.5) is 0 Å². The molecule has 0 saturated carbocycles. The van der Waals surface area contributed by atoms with Crippen LogP contribution in [-0.4, -0.2) is 19.5 Å². The van der Waals surface area contributed by atoms with Gasteiger partial charge in [0.25, 0.3) is 0 Å². The van der Waals surface area contributed by atoms with Crippen LogP contribution < -0.4 is 0 Å². The van der Waals surface area contributed by atoms with Gasteiger partial charge >= 0.3 is 0 Å². The molecule has 216 valence electrons. The molecule has 5 aromatic heterocycles. The second kappa shape index (κ2) is 10.9. The van der Waals surface area contributed by atoms with E-state index < -0.39 is 0 Å². The molecule has 0 radical (unpaired) electrons. The molecule has 4 nitrogen and oxygen atoms in total. The summed E-state index contributed by atoms with van der Waals surface area (Å²) in [7, 11) is 0. The van der Waals surface area contributed by atoms with E-state index in [9.17, 15) is 0 Å². The van der Waals surface area contributed by atoms with Crippen LogP contribution in [-0.2, 0) is 0 Å². The van der Waals surface area contributed by atoms with E-state index in [0.717, 1.165) is 50.5 Å². The zero-order chi connectivity index (χ0) is 30.5. The van der Waals surface area contributed by atoms with Crippen LogP contribution >= 0.6 is 11.3 Å². The van der Waals surface area contributed by atoms with Crippen LogP contribution in [0, 0.1) is 0 Å². The molecule has 9 aromatic rings. The molecular weight excluding hydrogens is 581 g/mol. The molecule has 0 aliphatic carbocycles. The van der Waals surface area contributed by atoms with Gasteiger partial charge in [-0.3, -0.25) is 9.97 Å². The lowest BCUT2D eigenvalue weighted by Gasteiger charge is -2.12. The summed E-state index contributed by atoms with van der Waals surface area (Å²) in [6.07, 6.45) is 7.29. The third kappa shape index (κ3) is 4.48. The van der Waals surface area contributed by atoms with Gasteiger partial charge in [0.1, 0.15) is 0 Å². The maximum Gasteiger partial charge on any atom is 0.0716 e. The third-order valence-electron chi connectivity index (χ3n) is 8.71. The lowest BCUT2D eigenvalue weighted by molar-refractivity contribution is 1.18. The molecule has 0 fully saturated rings. The Balaban J connectivity index is 1.15. The van der Waals surface area contributed by atoms with Gasteiger partial charge in [-0.05, 0) is 99.8 Å². The molecule has 0 N–H and O–H groups in total. The molecule has 0 amide bonds. The molecule has 0 saturated heterocycles. The molecule has 46 heavy (non-hydrogen) atoms. The van der Waals surface area contributed by atoms with Crippen LogP contribution in [0.5, 0.6) is 0 Å². The second-order valence-electron chi connectivity index (χ2n) is 11.4. The first-order valence-corrected chi connectivity index (χ1v) is 16.1. The Hall–Kier alpha value is -5.91. The highest BCUT2D eigenvalue weighted by atomic mass is 32.1. The van der Waals surface area contributed by atoms with Gasteiger partial charge in [-0.25, -0.2) is 4.98 Å². The van der Waals surface area contributed by atoms with Gasteiger partial charge in [-0.1, -0.05) is 60.7 Å². The third-order valence-corrected chi connectivity index (χ3v) is 9.66. The standard InChI is InChI=1S/C41H26N4S/c1-2-4-38-35(3-1)40-39(14-11-32-19-24-46-41(32)40)45(38)34-12-9-30(10-13-34)36-25-33(26-37(44-36)31-17-22-43-23-18-31)28-7-5-27(6-8-28)29-15-20-42-21-16-29/h1-26H. The Morgan fingerprint density at radius 3 is 1.78 bits per heavy atom. The average molecular weight is 607 g/mol. The van der Waals surface area contributed by atoms with E-state index in [2.05, 4.69) is 123 Å². The van der Waals surface area contributed by atoms with Gasteiger partial charge < -0.3 is 4.57 Å². The van der Waals surface area contributed by atoms with E-state index in [1.807, 2.05) is 60.4 Å². The number of aromatic nitrogens is 4. The molecule has 5 heterocycles. The lowest BCUT2D eigenvalue weighted by Crippen LogP contribution is -1.95. The van der Waals surface area contributed by atoms with Crippen LogP contribution in [0.3, 0.4) is 0 Å². The van der Waals surface area contributed by atoms with Crippen molar-refractivity contribution in [1.29, 1.82) is 0 Å². The van der Waals surface area contributed by atoms with Crippen molar-refractivity contribution >= 4 is 43.2 Å². The van der Waals surface area contributed by atoms with Crippen molar-refractivity contribution in [2.75, 3.05) is 0 Å². The van der Waals surface area contributed by atoms with Crippen LogP contribution in [0.2, 0.25) is 0 Å². The number of para-hydroxylation sites is 1. The minimum absolute atomic E-state index is 0.916. The predicted molar refractivity (Wildman–Crippen MR) is 191 cm³/mol. The van der Waals surface area contributed by atoms with Gasteiger partial charge in [0, 0.05) is 57.1 Å². The highest BCUT2D eigenvalue weighted by Crippen LogP contribution is 2.39. The zero-order valence-electron chi connectivity index (χ0n) is 24.7. The van der Waals surface area contributed by atoms with Gasteiger partial charge in [-0.15, -0.1) is 11.3 Å². The topological polar surface area (TPSA) is 43.6 Å². The first-order chi connectivity index (χ1) is 22.8. The second-order valence-corrected chi connectivity index (χ2v) is 12.3. The normalized spacial score (nSPS) is 11.5. The number of fused-ring (bicyclic) bond motifs is 5. The molecule has 0 aliphatic heterocycles. The van der Waals surface area contributed by atoms with Crippen LogP contribution in [0.1, 0.15) is 0 Å². The molecule has 0 atom stereocenters. The molecule has 0 bridgehead atoms. The Morgan fingerprint density at radius 2 is 1.07 bits per heavy atom. The van der Waals surface area contributed by atoms with Crippen molar-refractivity contribution < 1.29 is 0 Å². The molecule has 5 heteroatoms. The number of benzene rings is 4. The van der Waals surface area contributed by atoms with E-state index in [1.165, 1.54) is 31.9 Å². The van der Waals surface area contributed by atoms with Crippen molar-refractivity contribution in [1.82, 2.24) is 19.5 Å². The molecule has 0 unspecified atom stereocenters. The van der Waals surface area contributed by atoms with Crippen molar-refractivity contribution in [3.8, 4) is 50.5 Å². The maximum absolute atomic E-state index is 5.14. The summed E-state index contributed by atoms with van der Waals surface area (Å²) in [5.41, 5.74) is 12.1. The first-order valence-electron chi connectivity index (χ1n) is 15.2. The van der Waals surface area contributed by atoms with Crippen molar-refractivity contribution in [2.24, 2.45) is 0 Å². The molecule has 0 spiro atoms. The number of hydrogen-bond acceptors (Lipinski definition) is 4. The summed E-state index contributed by atoms with van der Waals surface area (Å²) in [4.78, 5) is 13.5. The van der Waals surface area contributed by atoms with Gasteiger partial charge in [0.15, 0.2) is 0 Å². The summed E-state index contributed by atoms with van der Waals surface area (Å²) < 4.78 is 3.71. The molecular formula is C41H26N4S. The highest BCUT2D eigenvalue weighted by molar-refractivity contribution is 7.18. The summed E-state index contributed by atoms with van der Waals surface area (Å²) in [5, 5.41) is 6.07. The lowest BCUT2D eigenvalue weighted by atomic mass is 9.98. The van der Waals surface area contributed by atoms with Crippen LogP contribution in [0.25, 0.3) is 82.3 Å². The number of nitrogens with zero attached hydrogens (tertiary/aromatic N) is 4. The van der Waals surface area contributed by atoms with Crippen LogP contribution in [0.15, 0.2) is 158 Å². The summed E-state index contributed by atoms with van der Waals surface area (Å²) >= 11 is 1.81. The Labute approximate surface area is 269 Å². The minimum atomic E-state index is 0.916. The van der Waals surface area contributed by atoms with E-state index >= 15 is 0 Å². The summed E-state index contributed by atoms with van der Waals surface area (Å²) in [5.74, 6) is 0. The van der Waals surface area contributed by atoms with E-state index in [0.29, 0.717) is 0 Å². The van der Waals surface area contributed by atoms with Crippen molar-refractivity contribution in [2.45, 2.75) is 0 Å². The van der Waals surface area contributed by atoms with E-state index in [1.54, 1.807) is 0 Å². The molecule has 9 rings (SSSR count). The quantitative estimate of drug-likeness (QED) is 0.196. The smallest absolute Gasteiger partial charge is 0.0716 e. The van der Waals surface area contributed by atoms with Gasteiger partial charge in [0.2, 0.25) is 0 Å². The summed E-state index contributed by atoms with van der Waals surface area (Å²) in [6.45, 7) is 0. The Kier molecular flexibility index (Phi) is 6.28. The molecule has 0 aliphatic rings. The Bertz CT molecular complexity index is 2500. The largest absolute Gasteiger partial charge is 0.309 e. The van der Waals surface area contributed by atoms with E-state index in [4.69, 9.17) is 4.98 Å². The first kappa shape index (κ1) is 26.5. The monoisotopic (exact) mass is 606 g/mol. The predicted octanol–water partition coefficient (Wildman–Crippen LogP) is 10.9. The number of pyridine rings is 3.